The summed E-state index contributed by atoms with van der Waals surface area (Å²) in [5, 5.41) is 3.10. The van der Waals surface area contributed by atoms with Gasteiger partial charge >= 0.3 is 0 Å². The average molecular weight is 261 g/mol. The molecule has 1 unspecified atom stereocenters. The number of carbonyl (C=O) groups excluding carboxylic acids is 1. The van der Waals surface area contributed by atoms with Crippen molar-refractivity contribution >= 4 is 5.91 Å². The second kappa shape index (κ2) is 7.32. The van der Waals surface area contributed by atoms with E-state index < -0.39 is 0 Å². The molecule has 1 rings (SSSR count). The lowest BCUT2D eigenvalue weighted by molar-refractivity contribution is -0.121. The first-order valence-electron chi connectivity index (χ1n) is 7.30. The van der Waals surface area contributed by atoms with Crippen molar-refractivity contribution in [1.29, 1.82) is 0 Å². The fraction of sp³-hybridized carbons (Fsp3) is 0.588. The molecule has 0 spiro atoms. The van der Waals surface area contributed by atoms with Crippen LogP contribution in [0.4, 0.5) is 0 Å². The molecule has 1 aromatic carbocycles. The zero-order chi connectivity index (χ0) is 14.3. The molecule has 0 saturated carbocycles. The molecule has 0 radical (unpaired) electrons. The SMILES string of the molecule is CCCCC(=O)NC(C)CC(C)(C)c1ccccc1. The van der Waals surface area contributed by atoms with Gasteiger partial charge in [-0.1, -0.05) is 57.5 Å². The Morgan fingerprint density at radius 2 is 1.89 bits per heavy atom. The van der Waals surface area contributed by atoms with Gasteiger partial charge in [0.2, 0.25) is 5.91 Å². The van der Waals surface area contributed by atoms with Crippen molar-refractivity contribution in [3.05, 3.63) is 35.9 Å². The molecule has 0 aliphatic heterocycles. The maximum atomic E-state index is 11.7. The fourth-order valence-electron chi connectivity index (χ4n) is 2.51. The Hall–Kier alpha value is -1.31. The third kappa shape index (κ3) is 5.46. The van der Waals surface area contributed by atoms with Crippen molar-refractivity contribution in [3.63, 3.8) is 0 Å². The van der Waals surface area contributed by atoms with Crippen molar-refractivity contribution in [2.24, 2.45) is 0 Å². The molecule has 0 bridgehead atoms. The molecule has 2 heteroatoms. The van der Waals surface area contributed by atoms with Crippen LogP contribution in [0, 0.1) is 0 Å². The van der Waals surface area contributed by atoms with Crippen molar-refractivity contribution in [3.8, 4) is 0 Å². The topological polar surface area (TPSA) is 29.1 Å². The molecule has 1 aromatic rings. The van der Waals surface area contributed by atoms with Gasteiger partial charge in [0.1, 0.15) is 0 Å². The van der Waals surface area contributed by atoms with E-state index in [1.165, 1.54) is 5.56 Å². The van der Waals surface area contributed by atoms with Gasteiger partial charge in [-0.15, -0.1) is 0 Å². The molecule has 0 aliphatic carbocycles. The highest BCUT2D eigenvalue weighted by atomic mass is 16.1. The van der Waals surface area contributed by atoms with Gasteiger partial charge in [0.25, 0.3) is 0 Å². The van der Waals surface area contributed by atoms with Gasteiger partial charge < -0.3 is 5.32 Å². The molecule has 0 saturated heterocycles. The van der Waals surface area contributed by atoms with Crippen LogP contribution in [0.2, 0.25) is 0 Å². The molecule has 1 atom stereocenters. The summed E-state index contributed by atoms with van der Waals surface area (Å²) in [5.41, 5.74) is 1.41. The van der Waals surface area contributed by atoms with Gasteiger partial charge in [0.15, 0.2) is 0 Å². The molecular formula is C17H27NO. The lowest BCUT2D eigenvalue weighted by Crippen LogP contribution is -2.37. The van der Waals surface area contributed by atoms with Crippen LogP contribution in [-0.4, -0.2) is 11.9 Å². The van der Waals surface area contributed by atoms with Gasteiger partial charge in [0.05, 0.1) is 0 Å². The molecule has 0 fully saturated rings. The molecule has 0 aliphatic rings. The highest BCUT2D eigenvalue weighted by Crippen LogP contribution is 2.28. The lowest BCUT2D eigenvalue weighted by Gasteiger charge is -2.29. The largest absolute Gasteiger partial charge is 0.354 e. The first kappa shape index (κ1) is 15.7. The van der Waals surface area contributed by atoms with E-state index in [0.717, 1.165) is 19.3 Å². The number of benzene rings is 1. The number of carbonyl (C=O) groups is 1. The minimum atomic E-state index is 0.0821. The Bertz CT molecular complexity index is 384. The van der Waals surface area contributed by atoms with Crippen LogP contribution < -0.4 is 5.32 Å². The smallest absolute Gasteiger partial charge is 0.220 e. The van der Waals surface area contributed by atoms with Crippen LogP contribution in [0.25, 0.3) is 0 Å². The Labute approximate surface area is 117 Å². The van der Waals surface area contributed by atoms with E-state index >= 15 is 0 Å². The number of hydrogen-bond acceptors (Lipinski definition) is 1. The summed E-state index contributed by atoms with van der Waals surface area (Å²) in [4.78, 5) is 11.7. The van der Waals surface area contributed by atoms with Crippen molar-refractivity contribution < 1.29 is 4.79 Å². The Morgan fingerprint density at radius 3 is 2.47 bits per heavy atom. The summed E-state index contributed by atoms with van der Waals surface area (Å²) in [6.07, 6.45) is 3.64. The second-order valence-corrected chi connectivity index (χ2v) is 6.03. The number of unbranched alkanes of at least 4 members (excludes halogenated alkanes) is 1. The van der Waals surface area contributed by atoms with Crippen molar-refractivity contribution in [1.82, 2.24) is 5.32 Å². The quantitative estimate of drug-likeness (QED) is 0.788. The second-order valence-electron chi connectivity index (χ2n) is 6.03. The molecular weight excluding hydrogens is 234 g/mol. The lowest BCUT2D eigenvalue weighted by atomic mass is 9.79. The molecule has 0 aromatic heterocycles. The summed E-state index contributed by atoms with van der Waals surface area (Å²) in [7, 11) is 0. The Morgan fingerprint density at radius 1 is 1.26 bits per heavy atom. The highest BCUT2D eigenvalue weighted by Gasteiger charge is 2.23. The van der Waals surface area contributed by atoms with E-state index in [1.807, 2.05) is 6.07 Å². The van der Waals surface area contributed by atoms with E-state index in [2.05, 4.69) is 57.3 Å². The standard InChI is InChI=1S/C17H27NO/c1-5-6-12-16(19)18-14(2)13-17(3,4)15-10-8-7-9-11-15/h7-11,14H,5-6,12-13H2,1-4H3,(H,18,19). The predicted octanol–water partition coefficient (Wildman–Crippen LogP) is 4.05. The van der Waals surface area contributed by atoms with Crippen LogP contribution in [0.15, 0.2) is 30.3 Å². The van der Waals surface area contributed by atoms with E-state index in [1.54, 1.807) is 0 Å². The highest BCUT2D eigenvalue weighted by molar-refractivity contribution is 5.76. The molecule has 1 N–H and O–H groups in total. The summed E-state index contributed by atoms with van der Waals surface area (Å²) >= 11 is 0. The summed E-state index contributed by atoms with van der Waals surface area (Å²) in [6, 6.07) is 10.7. The zero-order valence-electron chi connectivity index (χ0n) is 12.7. The molecule has 19 heavy (non-hydrogen) atoms. The van der Waals surface area contributed by atoms with Crippen LogP contribution in [0.5, 0.6) is 0 Å². The van der Waals surface area contributed by atoms with Crippen LogP contribution in [0.1, 0.15) is 58.9 Å². The summed E-state index contributed by atoms with van der Waals surface area (Å²) < 4.78 is 0. The van der Waals surface area contributed by atoms with Crippen LogP contribution >= 0.6 is 0 Å². The average Bonchev–Trinajstić information content (AvgIpc) is 2.36. The monoisotopic (exact) mass is 261 g/mol. The predicted molar refractivity (Wildman–Crippen MR) is 81.2 cm³/mol. The number of amides is 1. The third-order valence-electron chi connectivity index (χ3n) is 3.54. The van der Waals surface area contributed by atoms with Gasteiger partial charge in [-0.3, -0.25) is 4.79 Å². The van der Waals surface area contributed by atoms with E-state index in [4.69, 9.17) is 0 Å². The molecule has 2 nitrogen and oxygen atoms in total. The van der Waals surface area contributed by atoms with E-state index in [0.29, 0.717) is 6.42 Å². The molecule has 0 heterocycles. The number of nitrogens with one attached hydrogen (secondary N) is 1. The minimum Gasteiger partial charge on any atom is -0.354 e. The fourth-order valence-corrected chi connectivity index (χ4v) is 2.51. The normalized spacial score (nSPS) is 13.1. The van der Waals surface area contributed by atoms with Crippen molar-refractivity contribution in [2.75, 3.05) is 0 Å². The first-order chi connectivity index (χ1) is 8.95. The first-order valence-corrected chi connectivity index (χ1v) is 7.30. The van der Waals surface area contributed by atoms with Gasteiger partial charge in [-0.25, -0.2) is 0 Å². The van der Waals surface area contributed by atoms with E-state index in [9.17, 15) is 4.79 Å². The van der Waals surface area contributed by atoms with Gasteiger partial charge in [-0.05, 0) is 30.7 Å². The van der Waals surface area contributed by atoms with Crippen LogP contribution in [0.3, 0.4) is 0 Å². The number of hydrogen-bond donors (Lipinski definition) is 1. The summed E-state index contributed by atoms with van der Waals surface area (Å²) in [5.74, 6) is 0.179. The van der Waals surface area contributed by atoms with Crippen LogP contribution in [-0.2, 0) is 10.2 Å². The third-order valence-corrected chi connectivity index (χ3v) is 3.54. The number of rotatable bonds is 7. The Balaban J connectivity index is 2.51. The molecule has 1 amide bonds. The molecule has 106 valence electrons. The maximum Gasteiger partial charge on any atom is 0.220 e. The van der Waals surface area contributed by atoms with Gasteiger partial charge in [-0.2, -0.15) is 0 Å². The maximum absolute atomic E-state index is 11.7. The van der Waals surface area contributed by atoms with Gasteiger partial charge in [0, 0.05) is 12.5 Å². The zero-order valence-corrected chi connectivity index (χ0v) is 12.7. The summed E-state index contributed by atoms with van der Waals surface area (Å²) in [6.45, 7) is 8.66. The Kier molecular flexibility index (Phi) is 6.07. The van der Waals surface area contributed by atoms with E-state index in [-0.39, 0.29) is 17.4 Å². The minimum absolute atomic E-state index is 0.0821. The van der Waals surface area contributed by atoms with Crippen molar-refractivity contribution in [2.45, 2.75) is 64.8 Å².